The van der Waals surface area contributed by atoms with Crippen LogP contribution in [0, 0.1) is 6.92 Å². The molecule has 0 unspecified atom stereocenters. The number of nitrogens with zero attached hydrogens (tertiary/aromatic N) is 2. The second-order valence-electron chi connectivity index (χ2n) is 6.14. The van der Waals surface area contributed by atoms with Gasteiger partial charge < -0.3 is 0 Å². The quantitative estimate of drug-likeness (QED) is 0.477. The summed E-state index contributed by atoms with van der Waals surface area (Å²) in [7, 11) is 0. The van der Waals surface area contributed by atoms with Crippen molar-refractivity contribution in [1.29, 1.82) is 0 Å². The van der Waals surface area contributed by atoms with E-state index >= 15 is 0 Å². The van der Waals surface area contributed by atoms with Crippen LogP contribution in [0.15, 0.2) is 91.5 Å². The standard InChI is InChI=1S/C23H18N2/c1-17-3-2-4-20(13-17)23-15-21(18-5-9-24-10-6-18)14-22(16-23)19-7-11-25-12-8-19/h2-16H,1H3. The van der Waals surface area contributed by atoms with Gasteiger partial charge in [-0.2, -0.15) is 0 Å². The first-order chi connectivity index (χ1) is 12.3. The Labute approximate surface area is 147 Å². The summed E-state index contributed by atoms with van der Waals surface area (Å²) in [6.07, 6.45) is 7.34. The second-order valence-corrected chi connectivity index (χ2v) is 6.14. The monoisotopic (exact) mass is 322 g/mol. The highest BCUT2D eigenvalue weighted by Gasteiger charge is 2.07. The van der Waals surface area contributed by atoms with Crippen molar-refractivity contribution in [2.75, 3.05) is 0 Å². The molecule has 0 saturated heterocycles. The minimum absolute atomic E-state index is 1.17. The van der Waals surface area contributed by atoms with Crippen LogP contribution < -0.4 is 0 Å². The van der Waals surface area contributed by atoms with Crippen LogP contribution in [0.1, 0.15) is 5.56 Å². The van der Waals surface area contributed by atoms with Gasteiger partial charge in [-0.25, -0.2) is 0 Å². The van der Waals surface area contributed by atoms with E-state index in [9.17, 15) is 0 Å². The van der Waals surface area contributed by atoms with E-state index in [4.69, 9.17) is 0 Å². The molecule has 2 nitrogen and oxygen atoms in total. The van der Waals surface area contributed by atoms with E-state index in [0.29, 0.717) is 0 Å². The van der Waals surface area contributed by atoms with Crippen LogP contribution in [0.2, 0.25) is 0 Å². The summed E-state index contributed by atoms with van der Waals surface area (Å²) in [5.41, 5.74) is 8.41. The van der Waals surface area contributed by atoms with Crippen molar-refractivity contribution in [3.8, 4) is 33.4 Å². The highest BCUT2D eigenvalue weighted by Crippen LogP contribution is 2.32. The van der Waals surface area contributed by atoms with Crippen LogP contribution in [0.25, 0.3) is 33.4 Å². The van der Waals surface area contributed by atoms with Gasteiger partial charge in [0.05, 0.1) is 0 Å². The van der Waals surface area contributed by atoms with Crippen molar-refractivity contribution in [2.24, 2.45) is 0 Å². The van der Waals surface area contributed by atoms with Gasteiger partial charge in [0.15, 0.2) is 0 Å². The number of aryl methyl sites for hydroxylation is 1. The average molecular weight is 322 g/mol. The fraction of sp³-hybridized carbons (Fsp3) is 0.0435. The molecule has 0 aliphatic heterocycles. The largest absolute Gasteiger partial charge is 0.265 e. The van der Waals surface area contributed by atoms with Gasteiger partial charge in [-0.1, -0.05) is 29.8 Å². The highest BCUT2D eigenvalue weighted by molar-refractivity contribution is 5.81. The van der Waals surface area contributed by atoms with E-state index in [-0.39, 0.29) is 0 Å². The first kappa shape index (κ1) is 15.3. The molecule has 2 heterocycles. The zero-order chi connectivity index (χ0) is 17.1. The Morgan fingerprint density at radius 2 is 0.960 bits per heavy atom. The first-order valence-corrected chi connectivity index (χ1v) is 8.32. The summed E-state index contributed by atoms with van der Waals surface area (Å²) in [6, 6.07) is 23.5. The lowest BCUT2D eigenvalue weighted by Crippen LogP contribution is -1.87. The molecule has 4 rings (SSSR count). The van der Waals surface area contributed by atoms with Gasteiger partial charge in [-0.15, -0.1) is 0 Å². The molecule has 0 N–H and O–H groups in total. The molecule has 4 aromatic rings. The summed E-state index contributed by atoms with van der Waals surface area (Å²) < 4.78 is 0. The molecule has 0 saturated carbocycles. The van der Waals surface area contributed by atoms with Crippen molar-refractivity contribution < 1.29 is 0 Å². The van der Waals surface area contributed by atoms with Gasteiger partial charge >= 0.3 is 0 Å². The lowest BCUT2D eigenvalue weighted by molar-refractivity contribution is 1.33. The fourth-order valence-corrected chi connectivity index (χ4v) is 3.04. The number of rotatable bonds is 3. The van der Waals surface area contributed by atoms with Crippen LogP contribution in [-0.4, -0.2) is 9.97 Å². The Hall–Kier alpha value is -3.26. The van der Waals surface area contributed by atoms with E-state index < -0.39 is 0 Å². The lowest BCUT2D eigenvalue weighted by atomic mass is 9.93. The Morgan fingerprint density at radius 3 is 1.44 bits per heavy atom. The molecular formula is C23H18N2. The molecule has 0 spiro atoms. The van der Waals surface area contributed by atoms with Gasteiger partial charge in [0, 0.05) is 24.8 Å². The summed E-state index contributed by atoms with van der Waals surface area (Å²) in [6.45, 7) is 2.12. The number of hydrogen-bond donors (Lipinski definition) is 0. The summed E-state index contributed by atoms with van der Waals surface area (Å²) in [5.74, 6) is 0. The maximum Gasteiger partial charge on any atom is 0.0273 e. The van der Waals surface area contributed by atoms with Crippen molar-refractivity contribution in [3.05, 3.63) is 97.1 Å². The summed E-state index contributed by atoms with van der Waals surface area (Å²) in [5, 5.41) is 0. The Balaban J connectivity index is 1.92. The van der Waals surface area contributed by atoms with E-state index in [1.807, 2.05) is 49.1 Å². The second kappa shape index (κ2) is 6.70. The molecule has 2 heteroatoms. The van der Waals surface area contributed by atoms with Gasteiger partial charge in [-0.05, 0) is 82.8 Å². The molecule has 0 aliphatic rings. The Morgan fingerprint density at radius 1 is 0.480 bits per heavy atom. The molecule has 0 aliphatic carbocycles. The van der Waals surface area contributed by atoms with Crippen molar-refractivity contribution in [3.63, 3.8) is 0 Å². The predicted molar refractivity (Wildman–Crippen MR) is 103 cm³/mol. The minimum Gasteiger partial charge on any atom is -0.265 e. The number of aromatic nitrogens is 2. The molecule has 2 aromatic heterocycles. The molecule has 2 aromatic carbocycles. The molecule has 0 atom stereocenters. The van der Waals surface area contributed by atoms with E-state index in [0.717, 1.165) is 0 Å². The van der Waals surface area contributed by atoms with Crippen LogP contribution in [0.5, 0.6) is 0 Å². The molecule has 0 radical (unpaired) electrons. The SMILES string of the molecule is Cc1cccc(-c2cc(-c3ccncc3)cc(-c3ccncc3)c2)c1. The Kier molecular flexibility index (Phi) is 4.09. The molecular weight excluding hydrogens is 304 g/mol. The van der Waals surface area contributed by atoms with Gasteiger partial charge in [-0.3, -0.25) is 9.97 Å². The summed E-state index contributed by atoms with van der Waals surface area (Å²) in [4.78, 5) is 8.27. The zero-order valence-electron chi connectivity index (χ0n) is 14.1. The maximum absolute atomic E-state index is 4.14. The van der Waals surface area contributed by atoms with Crippen molar-refractivity contribution in [2.45, 2.75) is 6.92 Å². The highest BCUT2D eigenvalue weighted by atomic mass is 14.6. The lowest BCUT2D eigenvalue weighted by Gasteiger charge is -2.11. The minimum atomic E-state index is 1.17. The maximum atomic E-state index is 4.14. The third kappa shape index (κ3) is 3.33. The van der Waals surface area contributed by atoms with Crippen LogP contribution >= 0.6 is 0 Å². The third-order valence-electron chi connectivity index (χ3n) is 4.31. The smallest absolute Gasteiger partial charge is 0.0273 e. The van der Waals surface area contributed by atoms with E-state index in [1.54, 1.807) is 0 Å². The molecule has 120 valence electrons. The van der Waals surface area contributed by atoms with Crippen molar-refractivity contribution >= 4 is 0 Å². The molecule has 0 fully saturated rings. The third-order valence-corrected chi connectivity index (χ3v) is 4.31. The number of hydrogen-bond acceptors (Lipinski definition) is 2. The molecule has 0 bridgehead atoms. The van der Waals surface area contributed by atoms with Gasteiger partial charge in [0.2, 0.25) is 0 Å². The Bertz CT molecular complexity index is 935. The normalized spacial score (nSPS) is 10.6. The van der Waals surface area contributed by atoms with Gasteiger partial charge in [0.25, 0.3) is 0 Å². The van der Waals surface area contributed by atoms with Crippen molar-refractivity contribution in [1.82, 2.24) is 9.97 Å². The number of benzene rings is 2. The van der Waals surface area contributed by atoms with E-state index in [1.165, 1.54) is 38.9 Å². The van der Waals surface area contributed by atoms with Crippen LogP contribution in [0.4, 0.5) is 0 Å². The van der Waals surface area contributed by atoms with Gasteiger partial charge in [0.1, 0.15) is 0 Å². The average Bonchev–Trinajstić information content (AvgIpc) is 2.69. The summed E-state index contributed by atoms with van der Waals surface area (Å²) >= 11 is 0. The fourth-order valence-electron chi connectivity index (χ4n) is 3.04. The topological polar surface area (TPSA) is 25.8 Å². The molecule has 25 heavy (non-hydrogen) atoms. The van der Waals surface area contributed by atoms with E-state index in [2.05, 4.69) is 59.4 Å². The van der Waals surface area contributed by atoms with Crippen LogP contribution in [-0.2, 0) is 0 Å². The first-order valence-electron chi connectivity index (χ1n) is 8.32. The number of pyridine rings is 2. The molecule has 0 amide bonds. The predicted octanol–water partition coefficient (Wildman–Crippen LogP) is 5.79. The zero-order valence-corrected chi connectivity index (χ0v) is 14.1. The van der Waals surface area contributed by atoms with Crippen LogP contribution in [0.3, 0.4) is 0 Å².